The third-order valence-corrected chi connectivity index (χ3v) is 4.89. The number of carbonyl (C=O) groups excluding carboxylic acids is 2. The van der Waals surface area contributed by atoms with Crippen LogP contribution >= 0.6 is 11.8 Å². The Morgan fingerprint density at radius 1 is 1.32 bits per heavy atom. The normalized spacial score (nSPS) is 17.2. The molecule has 0 spiro atoms. The van der Waals surface area contributed by atoms with Gasteiger partial charge in [-0.2, -0.15) is 0 Å². The highest BCUT2D eigenvalue weighted by Gasteiger charge is 2.32. The number of nitrogens with zero attached hydrogens (tertiary/aromatic N) is 2. The van der Waals surface area contributed by atoms with E-state index in [2.05, 4.69) is 4.99 Å². The van der Waals surface area contributed by atoms with Crippen LogP contribution in [-0.4, -0.2) is 34.6 Å². The predicted molar refractivity (Wildman–Crippen MR) is 110 cm³/mol. The molecule has 1 aliphatic rings. The zero-order valence-electron chi connectivity index (χ0n) is 16.3. The molecule has 0 unspecified atom stereocenters. The SMILES string of the molecule is CCN1C(=O)/C(=C\c2ccc(C)o2)SC1=Nc1cccc(C(=O)OC(C)C)c1. The van der Waals surface area contributed by atoms with Crippen molar-refractivity contribution in [2.45, 2.75) is 33.8 Å². The van der Waals surface area contributed by atoms with E-state index in [-0.39, 0.29) is 12.0 Å². The number of amidine groups is 1. The summed E-state index contributed by atoms with van der Waals surface area (Å²) in [5.74, 6) is 0.904. The fourth-order valence-electron chi connectivity index (χ4n) is 2.63. The van der Waals surface area contributed by atoms with Gasteiger partial charge in [-0.25, -0.2) is 9.79 Å². The molecular formula is C21H22N2O4S. The van der Waals surface area contributed by atoms with Crippen LogP contribution in [0.1, 0.15) is 42.6 Å². The van der Waals surface area contributed by atoms with E-state index in [9.17, 15) is 9.59 Å². The fraction of sp³-hybridized carbons (Fsp3) is 0.286. The van der Waals surface area contributed by atoms with Crippen molar-refractivity contribution in [1.82, 2.24) is 4.90 Å². The highest BCUT2D eigenvalue weighted by molar-refractivity contribution is 8.18. The number of aliphatic imine (C=N–C) groups is 1. The summed E-state index contributed by atoms with van der Waals surface area (Å²) in [5, 5.41) is 0.566. The highest BCUT2D eigenvalue weighted by Crippen LogP contribution is 2.34. The highest BCUT2D eigenvalue weighted by atomic mass is 32.2. The van der Waals surface area contributed by atoms with Crippen molar-refractivity contribution < 1.29 is 18.7 Å². The monoisotopic (exact) mass is 398 g/mol. The molecule has 0 radical (unpaired) electrons. The number of likely N-dealkylation sites (N-methyl/N-ethyl adjacent to an activating group) is 1. The van der Waals surface area contributed by atoms with Gasteiger partial charge in [0.25, 0.3) is 5.91 Å². The van der Waals surface area contributed by atoms with Gasteiger partial charge in [-0.15, -0.1) is 0 Å². The minimum atomic E-state index is -0.395. The third kappa shape index (κ3) is 4.54. The van der Waals surface area contributed by atoms with Crippen molar-refractivity contribution in [3.05, 3.63) is 58.4 Å². The Hall–Kier alpha value is -2.80. The van der Waals surface area contributed by atoms with Crippen LogP contribution in [0.3, 0.4) is 0 Å². The van der Waals surface area contributed by atoms with Crippen molar-refractivity contribution in [3.63, 3.8) is 0 Å². The Bertz CT molecular complexity index is 959. The van der Waals surface area contributed by atoms with Gasteiger partial charge in [0.05, 0.1) is 22.3 Å². The van der Waals surface area contributed by atoms with Crippen LogP contribution in [0.5, 0.6) is 0 Å². The molecule has 0 atom stereocenters. The summed E-state index contributed by atoms with van der Waals surface area (Å²) in [7, 11) is 0. The molecular weight excluding hydrogens is 376 g/mol. The molecule has 28 heavy (non-hydrogen) atoms. The van der Waals surface area contributed by atoms with Crippen molar-refractivity contribution >= 4 is 40.6 Å². The summed E-state index contributed by atoms with van der Waals surface area (Å²) >= 11 is 1.29. The molecule has 1 aromatic carbocycles. The molecule has 1 aromatic heterocycles. The Kier molecular flexibility index (Phi) is 6.04. The van der Waals surface area contributed by atoms with E-state index < -0.39 is 5.97 Å². The number of rotatable bonds is 5. The van der Waals surface area contributed by atoms with Crippen LogP contribution in [0.25, 0.3) is 6.08 Å². The molecule has 6 nitrogen and oxygen atoms in total. The van der Waals surface area contributed by atoms with E-state index in [0.29, 0.717) is 33.6 Å². The fourth-order valence-corrected chi connectivity index (χ4v) is 3.67. The van der Waals surface area contributed by atoms with E-state index in [0.717, 1.165) is 5.76 Å². The first-order chi connectivity index (χ1) is 13.4. The second-order valence-corrected chi connectivity index (χ2v) is 7.52. The van der Waals surface area contributed by atoms with Crippen LogP contribution in [-0.2, 0) is 9.53 Å². The minimum absolute atomic E-state index is 0.115. The van der Waals surface area contributed by atoms with Crippen LogP contribution < -0.4 is 0 Å². The van der Waals surface area contributed by atoms with Gasteiger partial charge in [0.2, 0.25) is 0 Å². The Morgan fingerprint density at radius 3 is 2.75 bits per heavy atom. The minimum Gasteiger partial charge on any atom is -0.462 e. The molecule has 2 aromatic rings. The number of esters is 1. The standard InChI is InChI=1S/C21H22N2O4S/c1-5-23-19(24)18(12-17-10-9-14(4)27-17)28-21(23)22-16-8-6-7-15(11-16)20(25)26-13(2)3/h6-13H,5H2,1-4H3/b18-12+,22-21?. The first kappa shape index (κ1) is 19.9. The molecule has 0 bridgehead atoms. The van der Waals surface area contributed by atoms with Crippen molar-refractivity contribution in [2.24, 2.45) is 4.99 Å². The van der Waals surface area contributed by atoms with Gasteiger partial charge in [0, 0.05) is 12.6 Å². The molecule has 1 saturated heterocycles. The third-order valence-electron chi connectivity index (χ3n) is 3.89. The number of hydrogen-bond acceptors (Lipinski definition) is 6. The second-order valence-electron chi connectivity index (χ2n) is 6.51. The quantitative estimate of drug-likeness (QED) is 0.535. The lowest BCUT2D eigenvalue weighted by molar-refractivity contribution is -0.122. The Morgan fingerprint density at radius 2 is 2.11 bits per heavy atom. The lowest BCUT2D eigenvalue weighted by atomic mass is 10.2. The average molecular weight is 398 g/mol. The van der Waals surface area contributed by atoms with Gasteiger partial charge in [-0.1, -0.05) is 6.07 Å². The molecule has 1 aliphatic heterocycles. The van der Waals surface area contributed by atoms with Gasteiger partial charge >= 0.3 is 5.97 Å². The van der Waals surface area contributed by atoms with E-state index in [1.165, 1.54) is 11.8 Å². The Labute approximate surface area is 168 Å². The van der Waals surface area contributed by atoms with Crippen LogP contribution in [0.4, 0.5) is 5.69 Å². The molecule has 0 aliphatic carbocycles. The van der Waals surface area contributed by atoms with Crippen LogP contribution in [0, 0.1) is 6.92 Å². The number of carbonyl (C=O) groups is 2. The Balaban J connectivity index is 1.88. The molecule has 2 heterocycles. The number of hydrogen-bond donors (Lipinski definition) is 0. The average Bonchev–Trinajstić information content (AvgIpc) is 3.18. The largest absolute Gasteiger partial charge is 0.462 e. The summed E-state index contributed by atoms with van der Waals surface area (Å²) in [6.45, 7) is 7.85. The molecule has 146 valence electrons. The maximum Gasteiger partial charge on any atom is 0.338 e. The first-order valence-corrected chi connectivity index (χ1v) is 9.86. The number of amides is 1. The van der Waals surface area contributed by atoms with Gasteiger partial charge in [0.1, 0.15) is 11.5 Å². The van der Waals surface area contributed by atoms with Gasteiger partial charge in [-0.3, -0.25) is 9.69 Å². The molecule has 1 amide bonds. The molecule has 1 fully saturated rings. The summed E-state index contributed by atoms with van der Waals surface area (Å²) in [5.41, 5.74) is 1.01. The summed E-state index contributed by atoms with van der Waals surface area (Å²) in [6.07, 6.45) is 1.53. The molecule has 3 rings (SSSR count). The maximum atomic E-state index is 12.7. The van der Waals surface area contributed by atoms with Gasteiger partial charge in [-0.05, 0) is 69.8 Å². The van der Waals surface area contributed by atoms with E-state index in [1.807, 2.05) is 26.0 Å². The number of aryl methyl sites for hydroxylation is 1. The smallest absolute Gasteiger partial charge is 0.338 e. The summed E-state index contributed by atoms with van der Waals surface area (Å²) < 4.78 is 10.8. The van der Waals surface area contributed by atoms with Gasteiger partial charge < -0.3 is 9.15 Å². The predicted octanol–water partition coefficient (Wildman–Crippen LogP) is 4.78. The van der Waals surface area contributed by atoms with Crippen molar-refractivity contribution in [1.29, 1.82) is 0 Å². The second kappa shape index (κ2) is 8.48. The maximum absolute atomic E-state index is 12.7. The molecule has 0 saturated carbocycles. The zero-order valence-corrected chi connectivity index (χ0v) is 17.1. The van der Waals surface area contributed by atoms with E-state index >= 15 is 0 Å². The summed E-state index contributed by atoms with van der Waals surface area (Å²) in [4.78, 5) is 31.5. The number of thioether (sulfide) groups is 1. The van der Waals surface area contributed by atoms with Crippen molar-refractivity contribution in [3.8, 4) is 0 Å². The first-order valence-electron chi connectivity index (χ1n) is 9.05. The van der Waals surface area contributed by atoms with Crippen molar-refractivity contribution in [2.75, 3.05) is 6.54 Å². The number of ether oxygens (including phenoxy) is 1. The number of furan rings is 1. The van der Waals surface area contributed by atoms with E-state index in [4.69, 9.17) is 9.15 Å². The van der Waals surface area contributed by atoms with E-state index in [1.54, 1.807) is 49.1 Å². The van der Waals surface area contributed by atoms with Crippen LogP contribution in [0.15, 0.2) is 50.7 Å². The zero-order chi connectivity index (χ0) is 20.3. The van der Waals surface area contributed by atoms with Crippen LogP contribution in [0.2, 0.25) is 0 Å². The molecule has 7 heteroatoms. The van der Waals surface area contributed by atoms with Gasteiger partial charge in [0.15, 0.2) is 5.17 Å². The lowest BCUT2D eigenvalue weighted by Crippen LogP contribution is -2.28. The summed E-state index contributed by atoms with van der Waals surface area (Å²) in [6, 6.07) is 10.6. The lowest BCUT2D eigenvalue weighted by Gasteiger charge is -2.12. The topological polar surface area (TPSA) is 72.1 Å². The number of benzene rings is 1. The molecule has 0 N–H and O–H groups in total.